The Morgan fingerprint density at radius 3 is 2.78 bits per heavy atom. The monoisotopic (exact) mass is 326 g/mol. The first kappa shape index (κ1) is 13.6. The van der Waals surface area contributed by atoms with Gasteiger partial charge in [0.15, 0.2) is 0 Å². The van der Waals surface area contributed by atoms with Gasteiger partial charge in [-0.05, 0) is 36.4 Å². The van der Waals surface area contributed by atoms with Crippen LogP contribution in [0, 0.1) is 0 Å². The Balaban J connectivity index is 1.95. The van der Waals surface area contributed by atoms with Crippen LogP contribution in [0.5, 0.6) is 0 Å². The van der Waals surface area contributed by atoms with Gasteiger partial charge in [-0.25, -0.2) is 0 Å². The summed E-state index contributed by atoms with van der Waals surface area (Å²) in [5.74, 6) is 3.30. The summed E-state index contributed by atoms with van der Waals surface area (Å²) >= 11 is 5.24. The maximum absolute atomic E-state index is 5.24. The fourth-order valence-electron chi connectivity index (χ4n) is 1.44. The molecule has 96 valence electrons. The van der Waals surface area contributed by atoms with Crippen LogP contribution in [0.3, 0.4) is 0 Å². The molecule has 0 radical (unpaired) electrons. The van der Waals surface area contributed by atoms with Crippen molar-refractivity contribution in [3.8, 4) is 11.4 Å². The molecule has 2 rings (SSSR count). The van der Waals surface area contributed by atoms with Crippen LogP contribution in [-0.4, -0.2) is 15.9 Å². The van der Waals surface area contributed by atoms with Crippen LogP contribution in [0.15, 0.2) is 33.3 Å². The van der Waals surface area contributed by atoms with Crippen molar-refractivity contribution in [3.63, 3.8) is 0 Å². The van der Waals surface area contributed by atoms with Gasteiger partial charge in [0.1, 0.15) is 0 Å². The van der Waals surface area contributed by atoms with E-state index in [4.69, 9.17) is 4.52 Å². The summed E-state index contributed by atoms with van der Waals surface area (Å²) < 4.78 is 6.28. The number of hydrogen-bond acceptors (Lipinski definition) is 4. The molecule has 1 aromatic heterocycles. The van der Waals surface area contributed by atoms with Gasteiger partial charge in [-0.15, -0.1) is 0 Å². The van der Waals surface area contributed by atoms with Gasteiger partial charge in [-0.3, -0.25) is 0 Å². The van der Waals surface area contributed by atoms with Crippen molar-refractivity contribution < 1.29 is 4.52 Å². The van der Waals surface area contributed by atoms with Crippen LogP contribution in [0.25, 0.3) is 11.4 Å². The quantitative estimate of drug-likeness (QED) is 0.731. The van der Waals surface area contributed by atoms with Crippen molar-refractivity contribution in [1.29, 1.82) is 0 Å². The Kier molecular flexibility index (Phi) is 5.26. The zero-order valence-electron chi connectivity index (χ0n) is 10.2. The van der Waals surface area contributed by atoms with E-state index in [9.17, 15) is 0 Å². The molecule has 0 unspecified atom stereocenters. The molecule has 0 saturated carbocycles. The molecule has 0 spiro atoms. The molecule has 0 aliphatic heterocycles. The molecule has 0 amide bonds. The van der Waals surface area contributed by atoms with E-state index in [0.29, 0.717) is 11.7 Å². The average Bonchev–Trinajstić information content (AvgIpc) is 2.84. The number of thioether (sulfide) groups is 1. The van der Waals surface area contributed by atoms with E-state index in [2.05, 4.69) is 33.0 Å². The van der Waals surface area contributed by atoms with Gasteiger partial charge in [-0.2, -0.15) is 16.7 Å². The molecule has 3 nitrogen and oxygen atoms in total. The fraction of sp³-hybridized carbons (Fsp3) is 0.385. The second-order valence-corrected chi connectivity index (χ2v) is 5.95. The van der Waals surface area contributed by atoms with E-state index in [1.165, 1.54) is 12.8 Å². The number of rotatable bonds is 6. The molecule has 1 heterocycles. The Hall–Kier alpha value is -0.810. The molecule has 0 saturated heterocycles. The molecule has 5 heteroatoms. The molecule has 0 aliphatic carbocycles. The Bertz CT molecular complexity index is 484. The van der Waals surface area contributed by atoms with E-state index in [0.717, 1.165) is 21.5 Å². The highest BCUT2D eigenvalue weighted by Gasteiger charge is 2.08. The molecular formula is C13H15BrN2OS. The maximum atomic E-state index is 5.24. The molecule has 0 atom stereocenters. The van der Waals surface area contributed by atoms with Gasteiger partial charge in [0, 0.05) is 10.0 Å². The molecule has 0 fully saturated rings. The molecule has 18 heavy (non-hydrogen) atoms. The van der Waals surface area contributed by atoms with Gasteiger partial charge in [0.25, 0.3) is 0 Å². The van der Waals surface area contributed by atoms with Crippen molar-refractivity contribution in [2.45, 2.75) is 25.5 Å². The summed E-state index contributed by atoms with van der Waals surface area (Å²) in [6.07, 6.45) is 2.46. The highest BCUT2D eigenvalue weighted by atomic mass is 79.9. The molecule has 2 aromatic rings. The van der Waals surface area contributed by atoms with Gasteiger partial charge < -0.3 is 4.52 Å². The van der Waals surface area contributed by atoms with Gasteiger partial charge in [-0.1, -0.05) is 34.4 Å². The number of nitrogens with zero attached hydrogens (tertiary/aromatic N) is 2. The fourth-order valence-corrected chi connectivity index (χ4v) is 2.63. The Morgan fingerprint density at radius 1 is 1.28 bits per heavy atom. The van der Waals surface area contributed by atoms with Crippen molar-refractivity contribution in [2.75, 3.05) is 5.75 Å². The van der Waals surface area contributed by atoms with Gasteiger partial charge in [0.05, 0.1) is 5.75 Å². The summed E-state index contributed by atoms with van der Waals surface area (Å²) in [6.45, 7) is 2.19. The van der Waals surface area contributed by atoms with Crippen LogP contribution < -0.4 is 0 Å². The standard InChI is InChI=1S/C13H15BrN2OS/c1-2-3-8-18-9-12-15-13(16-17-12)10-4-6-11(14)7-5-10/h4-7H,2-3,8-9H2,1H3. The van der Waals surface area contributed by atoms with Crippen LogP contribution in [0.2, 0.25) is 0 Å². The number of halogens is 1. The lowest BCUT2D eigenvalue weighted by molar-refractivity contribution is 0.391. The van der Waals surface area contributed by atoms with Gasteiger partial charge >= 0.3 is 0 Å². The van der Waals surface area contributed by atoms with Crippen LogP contribution >= 0.6 is 27.7 Å². The first-order chi connectivity index (χ1) is 8.79. The first-order valence-corrected chi connectivity index (χ1v) is 7.90. The number of unbranched alkanes of at least 4 members (excludes halogenated alkanes) is 1. The summed E-state index contributed by atoms with van der Waals surface area (Å²) in [5.41, 5.74) is 0.978. The lowest BCUT2D eigenvalue weighted by Crippen LogP contribution is -1.84. The predicted molar refractivity (Wildman–Crippen MR) is 78.5 cm³/mol. The Labute approximate surface area is 119 Å². The SMILES string of the molecule is CCCCSCc1nc(-c2ccc(Br)cc2)no1. The Morgan fingerprint density at radius 2 is 2.06 bits per heavy atom. The second kappa shape index (κ2) is 6.95. The van der Waals surface area contributed by atoms with Crippen LogP contribution in [0.1, 0.15) is 25.7 Å². The third-order valence-electron chi connectivity index (χ3n) is 2.44. The summed E-state index contributed by atoms with van der Waals surface area (Å²) in [4.78, 5) is 4.39. The average molecular weight is 327 g/mol. The van der Waals surface area contributed by atoms with Crippen molar-refractivity contribution in [3.05, 3.63) is 34.6 Å². The smallest absolute Gasteiger partial charge is 0.236 e. The zero-order valence-corrected chi connectivity index (χ0v) is 12.6. The minimum absolute atomic E-state index is 0.661. The maximum Gasteiger partial charge on any atom is 0.236 e. The molecule has 0 bridgehead atoms. The normalized spacial score (nSPS) is 10.8. The third kappa shape index (κ3) is 3.85. The molecule has 1 aromatic carbocycles. The lowest BCUT2D eigenvalue weighted by Gasteiger charge is -1.95. The topological polar surface area (TPSA) is 38.9 Å². The summed E-state index contributed by atoms with van der Waals surface area (Å²) in [6, 6.07) is 7.90. The van der Waals surface area contributed by atoms with E-state index in [1.54, 1.807) is 0 Å². The van der Waals surface area contributed by atoms with Gasteiger partial charge in [0.2, 0.25) is 11.7 Å². The van der Waals surface area contributed by atoms with E-state index < -0.39 is 0 Å². The zero-order chi connectivity index (χ0) is 12.8. The lowest BCUT2D eigenvalue weighted by atomic mass is 10.2. The molecule has 0 aliphatic rings. The van der Waals surface area contributed by atoms with E-state index >= 15 is 0 Å². The minimum atomic E-state index is 0.661. The highest BCUT2D eigenvalue weighted by molar-refractivity contribution is 9.10. The van der Waals surface area contributed by atoms with Crippen molar-refractivity contribution in [1.82, 2.24) is 10.1 Å². The number of benzene rings is 1. The number of hydrogen-bond donors (Lipinski definition) is 0. The van der Waals surface area contributed by atoms with Crippen molar-refractivity contribution in [2.24, 2.45) is 0 Å². The number of aromatic nitrogens is 2. The predicted octanol–water partition coefficient (Wildman–Crippen LogP) is 4.53. The first-order valence-electron chi connectivity index (χ1n) is 5.96. The van der Waals surface area contributed by atoms with Crippen LogP contribution in [0.4, 0.5) is 0 Å². The largest absolute Gasteiger partial charge is 0.338 e. The van der Waals surface area contributed by atoms with Crippen molar-refractivity contribution >= 4 is 27.7 Å². The second-order valence-electron chi connectivity index (χ2n) is 3.92. The summed E-state index contributed by atoms with van der Waals surface area (Å²) in [7, 11) is 0. The molecule has 0 N–H and O–H groups in total. The highest BCUT2D eigenvalue weighted by Crippen LogP contribution is 2.20. The van der Waals surface area contributed by atoms with E-state index in [1.807, 2.05) is 36.0 Å². The van der Waals surface area contributed by atoms with E-state index in [-0.39, 0.29) is 0 Å². The minimum Gasteiger partial charge on any atom is -0.338 e. The third-order valence-corrected chi connectivity index (χ3v) is 4.00. The van der Waals surface area contributed by atoms with Crippen LogP contribution in [-0.2, 0) is 5.75 Å². The summed E-state index contributed by atoms with van der Waals surface area (Å²) in [5, 5.41) is 4.00. The molecular weight excluding hydrogens is 312 g/mol.